The summed E-state index contributed by atoms with van der Waals surface area (Å²) in [5, 5.41) is 3.40. The van der Waals surface area contributed by atoms with E-state index >= 15 is 0 Å². The highest BCUT2D eigenvalue weighted by Crippen LogP contribution is 2.35. The second-order valence-electron chi connectivity index (χ2n) is 4.41. The topological polar surface area (TPSA) is 38.0 Å². The second-order valence-corrected chi connectivity index (χ2v) is 4.82. The third-order valence-electron chi connectivity index (χ3n) is 2.77. The summed E-state index contributed by atoms with van der Waals surface area (Å²) in [5.74, 6) is 0. The first-order valence-corrected chi connectivity index (χ1v) is 6.15. The smallest absolute Gasteiger partial charge is 0.397 e. The fourth-order valence-electron chi connectivity index (χ4n) is 1.73. The van der Waals surface area contributed by atoms with Gasteiger partial charge >= 0.3 is 6.18 Å². The van der Waals surface area contributed by atoms with E-state index < -0.39 is 11.7 Å². The van der Waals surface area contributed by atoms with E-state index in [0.717, 1.165) is 17.7 Å². The van der Waals surface area contributed by atoms with Crippen molar-refractivity contribution < 1.29 is 13.2 Å². The van der Waals surface area contributed by atoms with Gasteiger partial charge in [0.15, 0.2) is 0 Å². The highest BCUT2D eigenvalue weighted by atomic mass is 35.5. The van der Waals surface area contributed by atoms with Crippen LogP contribution in [0.2, 0.25) is 5.02 Å². The number of alkyl halides is 3. The molecule has 2 aromatic carbocycles. The molecule has 0 saturated carbocycles. The minimum absolute atomic E-state index is 0.0115. The van der Waals surface area contributed by atoms with Gasteiger partial charge in [-0.05, 0) is 42.8 Å². The molecule has 0 heterocycles. The quantitative estimate of drug-likeness (QED) is 0.767. The molecule has 6 heteroatoms. The fourth-order valence-corrected chi connectivity index (χ4v) is 1.90. The largest absolute Gasteiger partial charge is 0.416 e. The van der Waals surface area contributed by atoms with E-state index in [1.54, 1.807) is 12.1 Å². The summed E-state index contributed by atoms with van der Waals surface area (Å²) >= 11 is 6.02. The summed E-state index contributed by atoms with van der Waals surface area (Å²) in [7, 11) is 0. The average molecular weight is 301 g/mol. The van der Waals surface area contributed by atoms with Crippen LogP contribution in [0.4, 0.5) is 30.2 Å². The number of halogens is 4. The van der Waals surface area contributed by atoms with Gasteiger partial charge in [0.25, 0.3) is 0 Å². The highest BCUT2D eigenvalue weighted by Gasteiger charge is 2.30. The molecule has 0 spiro atoms. The molecule has 0 atom stereocenters. The molecule has 106 valence electrons. The Kier molecular flexibility index (Phi) is 3.81. The maximum atomic E-state index is 12.5. The van der Waals surface area contributed by atoms with E-state index in [-0.39, 0.29) is 5.69 Å². The Morgan fingerprint density at radius 3 is 2.35 bits per heavy atom. The molecule has 20 heavy (non-hydrogen) atoms. The minimum atomic E-state index is -4.41. The predicted octanol–water partition coefficient (Wildman–Crippen LogP) is 4.99. The lowest BCUT2D eigenvalue weighted by Crippen LogP contribution is -2.06. The van der Waals surface area contributed by atoms with Crippen LogP contribution >= 0.6 is 11.6 Å². The predicted molar refractivity (Wildman–Crippen MR) is 75.3 cm³/mol. The monoisotopic (exact) mass is 300 g/mol. The lowest BCUT2D eigenvalue weighted by Gasteiger charge is -2.14. The zero-order chi connectivity index (χ0) is 14.9. The molecule has 2 rings (SSSR count). The first-order valence-electron chi connectivity index (χ1n) is 5.77. The molecule has 3 N–H and O–H groups in total. The summed E-state index contributed by atoms with van der Waals surface area (Å²) in [6.07, 6.45) is -4.41. The molecule has 0 aliphatic carbocycles. The van der Waals surface area contributed by atoms with Gasteiger partial charge in [-0.15, -0.1) is 0 Å². The van der Waals surface area contributed by atoms with Crippen molar-refractivity contribution in [1.82, 2.24) is 0 Å². The molecule has 0 aromatic heterocycles. The zero-order valence-electron chi connectivity index (χ0n) is 10.6. The maximum absolute atomic E-state index is 12.5. The molecule has 0 bridgehead atoms. The van der Waals surface area contributed by atoms with Crippen molar-refractivity contribution in [2.45, 2.75) is 13.1 Å². The van der Waals surface area contributed by atoms with Crippen LogP contribution in [0, 0.1) is 6.92 Å². The summed E-state index contributed by atoms with van der Waals surface area (Å²) in [5.41, 5.74) is 6.83. The van der Waals surface area contributed by atoms with Crippen LogP contribution in [0.1, 0.15) is 11.1 Å². The average Bonchev–Trinajstić information content (AvgIpc) is 2.35. The Balaban J connectivity index is 2.33. The first-order chi connectivity index (χ1) is 9.27. The van der Waals surface area contributed by atoms with E-state index in [2.05, 4.69) is 5.32 Å². The Morgan fingerprint density at radius 1 is 1.05 bits per heavy atom. The zero-order valence-corrected chi connectivity index (χ0v) is 11.3. The van der Waals surface area contributed by atoms with Gasteiger partial charge in [-0.2, -0.15) is 13.2 Å². The van der Waals surface area contributed by atoms with E-state index in [1.165, 1.54) is 6.07 Å². The molecular formula is C14H12ClF3N2. The summed E-state index contributed by atoms with van der Waals surface area (Å²) in [4.78, 5) is 0. The number of nitrogens with one attached hydrogen (secondary N) is 1. The lowest BCUT2D eigenvalue weighted by atomic mass is 10.1. The molecule has 0 unspecified atom stereocenters. The third kappa shape index (κ3) is 3.17. The number of nitrogens with two attached hydrogens (primary N) is 1. The number of hydrogen-bond acceptors (Lipinski definition) is 2. The molecular weight excluding hydrogens is 289 g/mol. The van der Waals surface area contributed by atoms with Gasteiger partial charge < -0.3 is 11.1 Å². The van der Waals surface area contributed by atoms with Crippen molar-refractivity contribution in [2.24, 2.45) is 0 Å². The van der Waals surface area contributed by atoms with E-state index in [9.17, 15) is 13.2 Å². The summed E-state index contributed by atoms with van der Waals surface area (Å²) < 4.78 is 37.6. The van der Waals surface area contributed by atoms with Gasteiger partial charge in [-0.1, -0.05) is 17.7 Å². The lowest BCUT2D eigenvalue weighted by molar-refractivity contribution is -0.137. The van der Waals surface area contributed by atoms with Gasteiger partial charge in [-0.25, -0.2) is 0 Å². The Morgan fingerprint density at radius 2 is 1.75 bits per heavy atom. The third-order valence-corrected chi connectivity index (χ3v) is 3.10. The van der Waals surface area contributed by atoms with Crippen LogP contribution < -0.4 is 11.1 Å². The van der Waals surface area contributed by atoms with Crippen molar-refractivity contribution in [3.8, 4) is 0 Å². The van der Waals surface area contributed by atoms with E-state index in [4.69, 9.17) is 17.3 Å². The van der Waals surface area contributed by atoms with Crippen LogP contribution in [0.15, 0.2) is 36.4 Å². The van der Waals surface area contributed by atoms with Crippen LogP contribution in [-0.2, 0) is 6.18 Å². The fraction of sp³-hybridized carbons (Fsp3) is 0.143. The number of anilines is 3. The molecule has 2 nitrogen and oxygen atoms in total. The summed E-state index contributed by atoms with van der Waals surface area (Å²) in [6, 6.07) is 8.49. The highest BCUT2D eigenvalue weighted by molar-refractivity contribution is 6.33. The minimum Gasteiger partial charge on any atom is -0.397 e. The number of benzene rings is 2. The van der Waals surface area contributed by atoms with Crippen LogP contribution in [0.5, 0.6) is 0 Å². The number of rotatable bonds is 2. The molecule has 0 saturated heterocycles. The van der Waals surface area contributed by atoms with Crippen molar-refractivity contribution in [3.05, 3.63) is 52.5 Å². The molecule has 0 aliphatic heterocycles. The normalized spacial score (nSPS) is 11.4. The summed E-state index contributed by atoms with van der Waals surface area (Å²) in [6.45, 7) is 1.89. The van der Waals surface area contributed by atoms with Gasteiger partial charge in [0.2, 0.25) is 0 Å². The maximum Gasteiger partial charge on any atom is 0.416 e. The van der Waals surface area contributed by atoms with Crippen LogP contribution in [0.25, 0.3) is 0 Å². The molecule has 0 radical (unpaired) electrons. The van der Waals surface area contributed by atoms with Crippen molar-refractivity contribution in [2.75, 3.05) is 11.1 Å². The number of nitrogen functional groups attached to an aromatic ring is 1. The van der Waals surface area contributed by atoms with Crippen molar-refractivity contribution >= 4 is 28.7 Å². The van der Waals surface area contributed by atoms with E-state index in [0.29, 0.717) is 16.4 Å². The molecule has 0 amide bonds. The Hall–Kier alpha value is -1.88. The van der Waals surface area contributed by atoms with Gasteiger partial charge in [0.1, 0.15) is 0 Å². The van der Waals surface area contributed by atoms with Crippen molar-refractivity contribution in [1.29, 1.82) is 0 Å². The molecule has 0 fully saturated rings. The number of hydrogen-bond donors (Lipinski definition) is 2. The van der Waals surface area contributed by atoms with Crippen molar-refractivity contribution in [3.63, 3.8) is 0 Å². The van der Waals surface area contributed by atoms with Gasteiger partial charge in [-0.3, -0.25) is 0 Å². The standard InChI is InChI=1S/C14H12ClF3N2/c1-8-2-4-10(15)13(6-8)20-12-5-3-9(7-11(12)19)14(16,17)18/h2-7,20H,19H2,1H3. The van der Waals surface area contributed by atoms with Gasteiger partial charge in [0, 0.05) is 0 Å². The Labute approximate surface area is 119 Å². The second kappa shape index (κ2) is 5.25. The SMILES string of the molecule is Cc1ccc(Cl)c(Nc2ccc(C(F)(F)F)cc2N)c1. The molecule has 2 aromatic rings. The van der Waals surface area contributed by atoms with Gasteiger partial charge in [0.05, 0.1) is 27.6 Å². The van der Waals surface area contributed by atoms with Crippen LogP contribution in [-0.4, -0.2) is 0 Å². The van der Waals surface area contributed by atoms with Crippen LogP contribution in [0.3, 0.4) is 0 Å². The Bertz CT molecular complexity index is 639. The first kappa shape index (κ1) is 14.5. The number of aryl methyl sites for hydroxylation is 1. The van der Waals surface area contributed by atoms with E-state index in [1.807, 2.05) is 13.0 Å². The molecule has 0 aliphatic rings.